The largest absolute Gasteiger partial charge is 1.00 e. The molecule has 0 saturated heterocycles. The Labute approximate surface area is 61.2 Å². The van der Waals surface area contributed by atoms with Crippen molar-refractivity contribution in [3.8, 4) is 0 Å². The third-order valence-electron chi connectivity index (χ3n) is 0.223. The van der Waals surface area contributed by atoms with Crippen molar-refractivity contribution in [3.63, 3.8) is 0 Å². The minimum atomic E-state index is -2.90. The van der Waals surface area contributed by atoms with Crippen LogP contribution in [0.15, 0.2) is 0 Å². The Kier molecular flexibility index (Phi) is 1.52. The van der Waals surface area contributed by atoms with Crippen LogP contribution in [0.4, 0.5) is 0 Å². The van der Waals surface area contributed by atoms with Crippen LogP contribution in [0.5, 0.6) is 0 Å². The Bertz CT molecular complexity index is 159. The summed E-state index contributed by atoms with van der Waals surface area (Å²) in [5.41, 5.74) is -0.400. The third kappa shape index (κ3) is 6.03. The number of carboxylic acid groups (broad SMARTS) is 1. The van der Waals surface area contributed by atoms with Crippen molar-refractivity contribution in [2.24, 2.45) is 5.72 Å². The van der Waals surface area contributed by atoms with E-state index in [4.69, 9.17) is 6.94 Å². The fourth-order valence-corrected chi connectivity index (χ4v) is 0. The van der Waals surface area contributed by atoms with Crippen LogP contribution in [0, 0.1) is 0 Å². The summed E-state index contributed by atoms with van der Waals surface area (Å²) < 4.78 is 32.6. The summed E-state index contributed by atoms with van der Waals surface area (Å²) in [7, 11) is 0. The van der Waals surface area contributed by atoms with Gasteiger partial charge in [-0.05, 0) is 6.85 Å². The zero-order valence-electron chi connectivity index (χ0n) is 8.84. The standard InChI is InChI=1S/C3H7NO2.Li/c1-2(4)3(5)6;/h2H,4H2,1H3,(H,5,6);/q;+1/p-1/t2-;/m0./s1/i1D3;/hD2. The van der Waals surface area contributed by atoms with Crippen molar-refractivity contribution in [3.05, 3.63) is 0 Å². The van der Waals surface area contributed by atoms with Gasteiger partial charge in [-0.25, -0.2) is 0 Å². The quantitative estimate of drug-likeness (QED) is 0.354. The molecule has 7 heavy (non-hydrogen) atoms. The Morgan fingerprint density at radius 2 is 2.86 bits per heavy atom. The summed E-state index contributed by atoms with van der Waals surface area (Å²) >= 11 is 0. The summed E-state index contributed by atoms with van der Waals surface area (Å²) in [5.74, 6) is -1.95. The maximum absolute atomic E-state index is 10.0. The van der Waals surface area contributed by atoms with E-state index in [1.54, 1.807) is 0 Å². The van der Waals surface area contributed by atoms with Crippen LogP contribution < -0.4 is 29.7 Å². The first-order valence-corrected chi connectivity index (χ1v) is 1.24. The van der Waals surface area contributed by atoms with Crippen molar-refractivity contribution >= 4 is 5.97 Å². The Morgan fingerprint density at radius 3 is 2.86 bits per heavy atom. The third-order valence-corrected chi connectivity index (χ3v) is 0.223. The van der Waals surface area contributed by atoms with Crippen LogP contribution in [-0.4, -0.2) is 12.0 Å². The van der Waals surface area contributed by atoms with E-state index in [1.165, 1.54) is 0 Å². The van der Waals surface area contributed by atoms with Crippen molar-refractivity contribution < 1.29 is 35.7 Å². The Morgan fingerprint density at radius 1 is 2.29 bits per heavy atom. The van der Waals surface area contributed by atoms with Gasteiger partial charge in [0.05, 0.1) is 5.97 Å². The van der Waals surface area contributed by atoms with Gasteiger partial charge in [-0.15, -0.1) is 0 Å². The number of carbonyl (C=O) groups excluding carboxylic acids is 1. The molecule has 0 heterocycles. The monoisotopic (exact) mass is 100 g/mol. The number of hydrogen-bond acceptors (Lipinski definition) is 3. The SMILES string of the molecule is [2H]N([2H])[C@H](C(=O)[O-])C([2H])([2H])[2H].[Li+]. The summed E-state index contributed by atoms with van der Waals surface area (Å²) in [6.07, 6.45) is 0. The molecular weight excluding hydrogens is 89.0 g/mol. The normalized spacial score (nSPS) is 24.4. The summed E-state index contributed by atoms with van der Waals surface area (Å²) in [5, 5.41) is 10.0. The predicted octanol–water partition coefficient (Wildman–Crippen LogP) is -4.91. The van der Waals surface area contributed by atoms with Crippen molar-refractivity contribution in [2.45, 2.75) is 12.9 Å². The molecule has 0 fully saturated rings. The Balaban J connectivity index is 0. The van der Waals surface area contributed by atoms with Gasteiger partial charge in [-0.3, -0.25) is 0 Å². The molecule has 0 amide bonds. The molecule has 0 aromatic heterocycles. The topological polar surface area (TPSA) is 66.2 Å². The molecule has 0 aromatic carbocycles. The van der Waals surface area contributed by atoms with Gasteiger partial charge < -0.3 is 15.6 Å². The average Bonchev–Trinajstić information content (AvgIpc) is 1.54. The van der Waals surface area contributed by atoms with Crippen LogP contribution in [0.2, 0.25) is 2.82 Å². The van der Waals surface area contributed by atoms with E-state index in [0.29, 0.717) is 0 Å². The van der Waals surface area contributed by atoms with E-state index >= 15 is 0 Å². The average molecular weight is 100 g/mol. The molecule has 0 aliphatic carbocycles. The second-order valence-electron chi connectivity index (χ2n) is 0.722. The van der Waals surface area contributed by atoms with Crippen LogP contribution in [-0.2, 0) is 4.79 Å². The zero-order valence-corrected chi connectivity index (χ0v) is 3.84. The molecule has 0 aliphatic heterocycles. The first kappa shape index (κ1) is 2.54. The van der Waals surface area contributed by atoms with Crippen molar-refractivity contribution in [1.29, 1.82) is 0 Å². The first-order valence-electron chi connectivity index (χ1n) is 3.64. The number of carbonyl (C=O) groups is 1. The number of nitrogens with two attached hydrogens (primary N) is 1. The molecule has 4 heteroatoms. The molecule has 1 atom stereocenters. The van der Waals surface area contributed by atoms with E-state index < -0.39 is 24.6 Å². The Hall–Kier alpha value is 0.0274. The van der Waals surface area contributed by atoms with Crippen LogP contribution in [0.1, 0.15) is 11.0 Å². The molecular formula is C3H6LiNO2. The summed E-state index contributed by atoms with van der Waals surface area (Å²) in [4.78, 5) is 10.0. The minimum absolute atomic E-state index is 0. The fourth-order valence-electron chi connectivity index (χ4n) is 0. The molecule has 3 nitrogen and oxygen atoms in total. The van der Waals surface area contributed by atoms with E-state index in [9.17, 15) is 9.90 Å². The molecule has 0 spiro atoms. The van der Waals surface area contributed by atoms with Gasteiger partial charge in [0.25, 0.3) is 0 Å². The first-order chi connectivity index (χ1) is 4.76. The van der Waals surface area contributed by atoms with Gasteiger partial charge in [0.15, 0.2) is 0 Å². The fraction of sp³-hybridized carbons (Fsp3) is 0.667. The second kappa shape index (κ2) is 4.19. The van der Waals surface area contributed by atoms with E-state index in [-0.39, 0.29) is 18.9 Å². The number of rotatable bonds is 2. The second-order valence-corrected chi connectivity index (χ2v) is 0.722. The van der Waals surface area contributed by atoms with Gasteiger partial charge >= 0.3 is 18.9 Å². The summed E-state index contributed by atoms with van der Waals surface area (Å²) in [6, 6.07) is -2.19. The van der Waals surface area contributed by atoms with Crippen LogP contribution >= 0.6 is 0 Å². The number of hydrogen-bond donors (Lipinski definition) is 1. The molecule has 2 N–H and O–H groups in total. The smallest absolute Gasteiger partial charge is 0.548 e. The molecule has 0 aromatic rings. The van der Waals surface area contributed by atoms with Crippen molar-refractivity contribution in [2.75, 3.05) is 0 Å². The molecule has 0 unspecified atom stereocenters. The summed E-state index contributed by atoms with van der Waals surface area (Å²) in [6.45, 7) is -2.90. The molecule has 0 bridgehead atoms. The van der Waals surface area contributed by atoms with Crippen LogP contribution in [0.25, 0.3) is 0 Å². The van der Waals surface area contributed by atoms with Gasteiger partial charge in [-0.1, -0.05) is 0 Å². The van der Waals surface area contributed by atoms with Gasteiger partial charge in [-0.2, -0.15) is 0 Å². The molecule has 0 aliphatic rings. The maximum Gasteiger partial charge on any atom is 1.00 e. The zero-order chi connectivity index (χ0) is 9.23. The molecule has 0 saturated carbocycles. The molecule has 0 radical (unpaired) electrons. The predicted molar refractivity (Wildman–Crippen MR) is 18.7 cm³/mol. The van der Waals surface area contributed by atoms with E-state index in [0.717, 1.165) is 0 Å². The number of carboxylic acids is 1. The van der Waals surface area contributed by atoms with Gasteiger partial charge in [0, 0.05) is 10.2 Å². The minimum Gasteiger partial charge on any atom is -0.548 e. The van der Waals surface area contributed by atoms with E-state index in [1.807, 2.05) is 0 Å². The van der Waals surface area contributed by atoms with Crippen molar-refractivity contribution in [1.82, 2.24) is 0 Å². The maximum atomic E-state index is 10.0. The molecule has 36 valence electrons. The van der Waals surface area contributed by atoms with E-state index in [2.05, 4.69) is 0 Å². The van der Waals surface area contributed by atoms with Gasteiger partial charge in [0.1, 0.15) is 2.82 Å². The molecule has 0 rings (SSSR count). The number of aliphatic carboxylic acids is 1. The van der Waals surface area contributed by atoms with Gasteiger partial charge in [0.2, 0.25) is 0 Å². The van der Waals surface area contributed by atoms with Crippen LogP contribution in [0.3, 0.4) is 0 Å².